The van der Waals surface area contributed by atoms with Gasteiger partial charge in [0.15, 0.2) is 0 Å². The molecule has 104 valence electrons. The maximum Gasteiger partial charge on any atom is 0.341 e. The second kappa shape index (κ2) is 5.43. The fourth-order valence-electron chi connectivity index (χ4n) is 1.63. The van der Waals surface area contributed by atoms with Gasteiger partial charge in [-0.2, -0.15) is 5.10 Å². The zero-order chi connectivity index (χ0) is 14.7. The van der Waals surface area contributed by atoms with Crippen molar-refractivity contribution >= 4 is 18.1 Å². The van der Waals surface area contributed by atoms with Gasteiger partial charge in [-0.15, -0.1) is 0 Å². The number of hydrogen-bond donors (Lipinski definition) is 2. The molecule has 1 heterocycles. The molecule has 2 rings (SSSR count). The molecule has 1 aromatic carbocycles. The third kappa shape index (κ3) is 2.77. The standard InChI is InChI=1S/C13H14N4O3/c1-8-7-17(13(14)16-8)15-6-9-3-4-11(18)10(5-9)12(19)20-2/h3-7,18H,1-2H3,(H2,14,16). The van der Waals surface area contributed by atoms with E-state index in [1.807, 2.05) is 0 Å². The molecule has 0 fully saturated rings. The SMILES string of the molecule is COC(=O)c1cc(C=Nn2cc(C)nc2N)ccc1O. The predicted molar refractivity (Wildman–Crippen MR) is 73.8 cm³/mol. The highest BCUT2D eigenvalue weighted by atomic mass is 16.5. The Morgan fingerprint density at radius 3 is 2.90 bits per heavy atom. The molecule has 0 atom stereocenters. The zero-order valence-corrected chi connectivity index (χ0v) is 11.1. The molecule has 20 heavy (non-hydrogen) atoms. The number of phenolic OH excluding ortho intramolecular Hbond substituents is 1. The van der Waals surface area contributed by atoms with Crippen molar-refractivity contribution in [1.82, 2.24) is 9.66 Å². The smallest absolute Gasteiger partial charge is 0.341 e. The number of carbonyl (C=O) groups excluding carboxylic acids is 1. The van der Waals surface area contributed by atoms with E-state index in [1.54, 1.807) is 19.2 Å². The number of anilines is 1. The third-order valence-electron chi connectivity index (χ3n) is 2.59. The Morgan fingerprint density at radius 1 is 1.55 bits per heavy atom. The summed E-state index contributed by atoms with van der Waals surface area (Å²) < 4.78 is 6.00. The van der Waals surface area contributed by atoms with Crippen LogP contribution in [-0.4, -0.2) is 34.1 Å². The maximum absolute atomic E-state index is 11.5. The van der Waals surface area contributed by atoms with Crippen molar-refractivity contribution in [2.75, 3.05) is 12.8 Å². The van der Waals surface area contributed by atoms with Gasteiger partial charge in [0.05, 0.1) is 25.2 Å². The van der Waals surface area contributed by atoms with Crippen LogP contribution in [0.25, 0.3) is 0 Å². The lowest BCUT2D eigenvalue weighted by molar-refractivity contribution is 0.0597. The first-order valence-electron chi connectivity index (χ1n) is 5.78. The minimum absolute atomic E-state index is 0.0752. The maximum atomic E-state index is 11.5. The minimum atomic E-state index is -0.615. The number of aromatic hydroxyl groups is 1. The monoisotopic (exact) mass is 274 g/mol. The number of hydrogen-bond acceptors (Lipinski definition) is 6. The molecule has 7 heteroatoms. The van der Waals surface area contributed by atoms with E-state index in [0.717, 1.165) is 5.69 Å². The number of ether oxygens (including phenoxy) is 1. The molecule has 0 spiro atoms. The number of methoxy groups -OCH3 is 1. The van der Waals surface area contributed by atoms with Crippen molar-refractivity contribution in [3.63, 3.8) is 0 Å². The lowest BCUT2D eigenvalue weighted by Crippen LogP contribution is -2.02. The van der Waals surface area contributed by atoms with Crippen LogP contribution in [0, 0.1) is 6.92 Å². The number of carbonyl (C=O) groups is 1. The van der Waals surface area contributed by atoms with E-state index in [9.17, 15) is 9.90 Å². The summed E-state index contributed by atoms with van der Waals surface area (Å²) in [5.74, 6) is -0.492. The van der Waals surface area contributed by atoms with Gasteiger partial charge in [0, 0.05) is 0 Å². The lowest BCUT2D eigenvalue weighted by Gasteiger charge is -2.03. The highest BCUT2D eigenvalue weighted by Gasteiger charge is 2.11. The predicted octanol–water partition coefficient (Wildman–Crippen LogP) is 1.15. The number of nitrogens with zero attached hydrogens (tertiary/aromatic N) is 3. The molecule has 0 saturated heterocycles. The summed E-state index contributed by atoms with van der Waals surface area (Å²) >= 11 is 0. The molecule has 1 aromatic heterocycles. The summed E-state index contributed by atoms with van der Waals surface area (Å²) in [6, 6.07) is 4.49. The van der Waals surface area contributed by atoms with E-state index in [2.05, 4.69) is 14.8 Å². The Morgan fingerprint density at radius 2 is 2.30 bits per heavy atom. The van der Waals surface area contributed by atoms with Crippen LogP contribution in [-0.2, 0) is 4.74 Å². The number of esters is 1. The average Bonchev–Trinajstić information content (AvgIpc) is 2.75. The molecule has 7 nitrogen and oxygen atoms in total. The second-order valence-electron chi connectivity index (χ2n) is 4.10. The molecular weight excluding hydrogens is 260 g/mol. The summed E-state index contributed by atoms with van der Waals surface area (Å²) in [6.45, 7) is 1.80. The van der Waals surface area contributed by atoms with Crippen molar-refractivity contribution in [2.24, 2.45) is 5.10 Å². The van der Waals surface area contributed by atoms with Gasteiger partial charge in [-0.1, -0.05) is 0 Å². The van der Waals surface area contributed by atoms with Gasteiger partial charge in [-0.25, -0.2) is 14.5 Å². The van der Waals surface area contributed by atoms with E-state index < -0.39 is 5.97 Å². The highest BCUT2D eigenvalue weighted by Crippen LogP contribution is 2.18. The molecule has 0 amide bonds. The Kier molecular flexibility index (Phi) is 3.69. The van der Waals surface area contributed by atoms with E-state index in [0.29, 0.717) is 5.56 Å². The van der Waals surface area contributed by atoms with Crippen LogP contribution >= 0.6 is 0 Å². The number of imidazole rings is 1. The van der Waals surface area contributed by atoms with Gasteiger partial charge in [-0.05, 0) is 30.7 Å². The number of aryl methyl sites for hydroxylation is 1. The van der Waals surface area contributed by atoms with Crippen LogP contribution in [0.2, 0.25) is 0 Å². The third-order valence-corrected chi connectivity index (χ3v) is 2.59. The van der Waals surface area contributed by atoms with Gasteiger partial charge in [0.2, 0.25) is 5.95 Å². The topological polar surface area (TPSA) is 103 Å². The summed E-state index contributed by atoms with van der Waals surface area (Å²) in [6.07, 6.45) is 3.18. The van der Waals surface area contributed by atoms with E-state index in [-0.39, 0.29) is 17.3 Å². The highest BCUT2D eigenvalue weighted by molar-refractivity contribution is 5.94. The summed E-state index contributed by atoms with van der Waals surface area (Å²) in [5, 5.41) is 13.7. The number of rotatable bonds is 3. The molecule has 0 aliphatic heterocycles. The van der Waals surface area contributed by atoms with Crippen molar-refractivity contribution < 1.29 is 14.6 Å². The van der Waals surface area contributed by atoms with Gasteiger partial charge in [0.1, 0.15) is 11.3 Å². The van der Waals surface area contributed by atoms with Crippen LogP contribution < -0.4 is 5.73 Å². The first-order valence-corrected chi connectivity index (χ1v) is 5.78. The van der Waals surface area contributed by atoms with Gasteiger partial charge >= 0.3 is 5.97 Å². The van der Waals surface area contributed by atoms with E-state index in [4.69, 9.17) is 5.73 Å². The number of nitrogens with two attached hydrogens (primary N) is 1. The fraction of sp³-hybridized carbons (Fsp3) is 0.154. The molecular formula is C13H14N4O3. The van der Waals surface area contributed by atoms with E-state index in [1.165, 1.54) is 30.1 Å². The van der Waals surface area contributed by atoms with Crippen LogP contribution in [0.15, 0.2) is 29.5 Å². The normalized spacial score (nSPS) is 10.9. The number of phenols is 1. The largest absolute Gasteiger partial charge is 0.507 e. The Hall–Kier alpha value is -2.83. The van der Waals surface area contributed by atoms with Crippen molar-refractivity contribution in [1.29, 1.82) is 0 Å². The van der Waals surface area contributed by atoms with Crippen molar-refractivity contribution in [3.05, 3.63) is 41.2 Å². The summed E-state index contributed by atoms with van der Waals surface area (Å²) in [5.41, 5.74) is 7.10. The average molecular weight is 274 g/mol. The quantitative estimate of drug-likeness (QED) is 0.645. The number of benzene rings is 1. The molecule has 2 aromatic rings. The lowest BCUT2D eigenvalue weighted by atomic mass is 10.1. The molecule has 0 radical (unpaired) electrons. The zero-order valence-electron chi connectivity index (χ0n) is 11.1. The fourth-order valence-corrected chi connectivity index (χ4v) is 1.63. The first kappa shape index (κ1) is 13.6. The first-order chi connectivity index (χ1) is 9.51. The summed E-state index contributed by atoms with van der Waals surface area (Å²) in [7, 11) is 1.25. The molecule has 3 N–H and O–H groups in total. The summed E-state index contributed by atoms with van der Waals surface area (Å²) in [4.78, 5) is 15.5. The Labute approximate surface area is 115 Å². The van der Waals surface area contributed by atoms with Crippen LogP contribution in [0.4, 0.5) is 5.95 Å². The molecule has 0 aliphatic rings. The van der Waals surface area contributed by atoms with E-state index >= 15 is 0 Å². The Bertz CT molecular complexity index is 676. The van der Waals surface area contributed by atoms with Gasteiger partial charge < -0.3 is 15.6 Å². The van der Waals surface area contributed by atoms with Crippen LogP contribution in [0.3, 0.4) is 0 Å². The Balaban J connectivity index is 2.30. The number of nitrogen functional groups attached to an aromatic ring is 1. The molecule has 0 unspecified atom stereocenters. The number of aromatic nitrogens is 2. The van der Waals surface area contributed by atoms with Crippen LogP contribution in [0.5, 0.6) is 5.75 Å². The molecule has 0 aliphatic carbocycles. The van der Waals surface area contributed by atoms with Crippen molar-refractivity contribution in [2.45, 2.75) is 6.92 Å². The second-order valence-corrected chi connectivity index (χ2v) is 4.10. The minimum Gasteiger partial charge on any atom is -0.507 e. The van der Waals surface area contributed by atoms with Crippen molar-refractivity contribution in [3.8, 4) is 5.75 Å². The molecule has 0 saturated carbocycles. The van der Waals surface area contributed by atoms with Gasteiger partial charge in [-0.3, -0.25) is 0 Å². The van der Waals surface area contributed by atoms with Gasteiger partial charge in [0.25, 0.3) is 0 Å². The van der Waals surface area contributed by atoms with Crippen LogP contribution in [0.1, 0.15) is 21.6 Å². The molecule has 0 bridgehead atoms.